The van der Waals surface area contributed by atoms with E-state index in [9.17, 15) is 4.79 Å². The molecule has 2 unspecified atom stereocenters. The zero-order valence-electron chi connectivity index (χ0n) is 15.8. The molecular formula is C21H26N4O2. The Bertz CT molecular complexity index is 926. The van der Waals surface area contributed by atoms with Crippen molar-refractivity contribution in [2.75, 3.05) is 0 Å². The van der Waals surface area contributed by atoms with E-state index in [1.165, 1.54) is 25.3 Å². The summed E-state index contributed by atoms with van der Waals surface area (Å²) < 4.78 is 5.49. The van der Waals surface area contributed by atoms with Gasteiger partial charge in [0.15, 0.2) is 0 Å². The zero-order chi connectivity index (χ0) is 19.2. The van der Waals surface area contributed by atoms with Crippen LogP contribution in [0.25, 0.3) is 22.2 Å². The first-order valence-electron chi connectivity index (χ1n) is 9.35. The lowest BCUT2D eigenvalue weighted by Crippen LogP contribution is -2.22. The van der Waals surface area contributed by atoms with Crippen LogP contribution >= 0.6 is 0 Å². The highest BCUT2D eigenvalue weighted by molar-refractivity contribution is 5.80. The lowest BCUT2D eigenvalue weighted by Gasteiger charge is -2.24. The molecule has 1 fully saturated rings. The van der Waals surface area contributed by atoms with Crippen molar-refractivity contribution in [3.8, 4) is 11.3 Å². The monoisotopic (exact) mass is 366 g/mol. The largest absolute Gasteiger partial charge is 0.376 e. The topological polar surface area (TPSA) is 93.9 Å². The predicted octanol–water partition coefficient (Wildman–Crippen LogP) is 3.41. The van der Waals surface area contributed by atoms with Crippen molar-refractivity contribution in [3.05, 3.63) is 58.8 Å². The average molecular weight is 366 g/mol. The Morgan fingerprint density at radius 1 is 1.19 bits per heavy atom. The van der Waals surface area contributed by atoms with Crippen LogP contribution in [0.3, 0.4) is 0 Å². The molecule has 0 aromatic carbocycles. The van der Waals surface area contributed by atoms with Crippen LogP contribution in [-0.4, -0.2) is 27.2 Å². The summed E-state index contributed by atoms with van der Waals surface area (Å²) in [5.41, 5.74) is 8.77. The summed E-state index contributed by atoms with van der Waals surface area (Å²) in [6.07, 6.45) is 8.30. The number of hydrogen-bond donors (Lipinski definition) is 2. The van der Waals surface area contributed by atoms with Gasteiger partial charge in [-0.05, 0) is 57.4 Å². The molecule has 3 N–H and O–H groups in total. The van der Waals surface area contributed by atoms with Gasteiger partial charge in [0.2, 0.25) is 5.56 Å². The van der Waals surface area contributed by atoms with Gasteiger partial charge in [0, 0.05) is 36.0 Å². The lowest BCUT2D eigenvalue weighted by molar-refractivity contribution is -0.0292. The number of aromatic nitrogens is 3. The van der Waals surface area contributed by atoms with Gasteiger partial charge in [0.05, 0.1) is 29.1 Å². The molecule has 142 valence electrons. The Kier molecular flexibility index (Phi) is 6.32. The second-order valence-electron chi connectivity index (χ2n) is 6.90. The third-order valence-corrected chi connectivity index (χ3v) is 4.61. The van der Waals surface area contributed by atoms with Crippen molar-refractivity contribution in [3.63, 3.8) is 0 Å². The Hall–Kier alpha value is -2.57. The number of ether oxygens (including phenoxy) is 1. The van der Waals surface area contributed by atoms with Gasteiger partial charge in [-0.3, -0.25) is 9.78 Å². The van der Waals surface area contributed by atoms with Gasteiger partial charge in [0.25, 0.3) is 0 Å². The molecule has 1 saturated heterocycles. The Morgan fingerprint density at radius 2 is 1.96 bits per heavy atom. The first kappa shape index (κ1) is 19.2. The van der Waals surface area contributed by atoms with Gasteiger partial charge in [0.1, 0.15) is 0 Å². The van der Waals surface area contributed by atoms with E-state index in [0.717, 1.165) is 27.9 Å². The molecule has 3 aromatic heterocycles. The smallest absolute Gasteiger partial charge is 0.247 e. The van der Waals surface area contributed by atoms with Gasteiger partial charge in [-0.2, -0.15) is 0 Å². The maximum absolute atomic E-state index is 11.1. The van der Waals surface area contributed by atoms with Crippen LogP contribution in [0.2, 0.25) is 0 Å². The van der Waals surface area contributed by atoms with Crippen LogP contribution in [-0.2, 0) is 11.3 Å². The predicted molar refractivity (Wildman–Crippen MR) is 107 cm³/mol. The molecule has 2 atom stereocenters. The van der Waals surface area contributed by atoms with E-state index in [4.69, 9.17) is 10.5 Å². The van der Waals surface area contributed by atoms with Crippen molar-refractivity contribution in [2.24, 2.45) is 5.73 Å². The van der Waals surface area contributed by atoms with E-state index in [1.807, 2.05) is 18.2 Å². The summed E-state index contributed by atoms with van der Waals surface area (Å²) in [4.78, 5) is 22.5. The number of aromatic amines is 1. The number of pyridine rings is 3. The third kappa shape index (κ3) is 5.21. The molecule has 6 nitrogen and oxygen atoms in total. The van der Waals surface area contributed by atoms with E-state index in [-0.39, 0.29) is 5.56 Å². The molecule has 1 aliphatic rings. The fourth-order valence-corrected chi connectivity index (χ4v) is 3.13. The van der Waals surface area contributed by atoms with Gasteiger partial charge in [-0.1, -0.05) is 0 Å². The molecule has 27 heavy (non-hydrogen) atoms. The van der Waals surface area contributed by atoms with E-state index in [1.54, 1.807) is 18.5 Å². The fraction of sp³-hybridized carbons (Fsp3) is 0.381. The Balaban J connectivity index is 0.000000221. The summed E-state index contributed by atoms with van der Waals surface area (Å²) in [7, 11) is 0. The first-order chi connectivity index (χ1) is 13.0. The van der Waals surface area contributed by atoms with Crippen LogP contribution in [0.1, 0.15) is 38.8 Å². The average Bonchev–Trinajstić information content (AvgIpc) is 2.68. The Labute approximate surface area is 158 Å². The minimum absolute atomic E-state index is 0.126. The minimum Gasteiger partial charge on any atom is -0.376 e. The molecule has 6 heteroatoms. The third-order valence-electron chi connectivity index (χ3n) is 4.61. The summed E-state index contributed by atoms with van der Waals surface area (Å²) in [6.45, 7) is 4.69. The highest BCUT2D eigenvalue weighted by Crippen LogP contribution is 2.19. The number of fused-ring (bicyclic) bond motifs is 1. The molecule has 1 aliphatic heterocycles. The van der Waals surface area contributed by atoms with E-state index in [2.05, 4.69) is 28.8 Å². The molecule has 0 spiro atoms. The maximum atomic E-state index is 11.1. The standard InChI is InChI=1S/C14H12N4O.C7H14O/c15-6-11-5-13-10(7-16-11)1-3-12(18-13)9-2-4-14(19)17-8-9;1-6-4-3-5-7(2)8-6/h1-5,7-8H,6,15H2,(H,17,19);6-7H,3-5H2,1-2H3. The quantitative estimate of drug-likeness (QED) is 0.725. The second-order valence-corrected chi connectivity index (χ2v) is 6.90. The normalized spacial score (nSPS) is 19.4. The molecule has 0 radical (unpaired) electrons. The number of hydrogen-bond acceptors (Lipinski definition) is 5. The maximum Gasteiger partial charge on any atom is 0.247 e. The highest BCUT2D eigenvalue weighted by atomic mass is 16.5. The van der Waals surface area contributed by atoms with Gasteiger partial charge in [-0.15, -0.1) is 0 Å². The molecule has 3 aromatic rings. The highest BCUT2D eigenvalue weighted by Gasteiger charge is 2.13. The summed E-state index contributed by atoms with van der Waals surface area (Å²) in [5, 5.41) is 0.963. The van der Waals surface area contributed by atoms with E-state index in [0.29, 0.717) is 18.8 Å². The molecular weight excluding hydrogens is 340 g/mol. The number of nitrogens with zero attached hydrogens (tertiary/aromatic N) is 2. The lowest BCUT2D eigenvalue weighted by atomic mass is 10.1. The van der Waals surface area contributed by atoms with Crippen LogP contribution in [0, 0.1) is 0 Å². The molecule has 4 heterocycles. The molecule has 4 rings (SSSR count). The van der Waals surface area contributed by atoms with Gasteiger partial charge in [-0.25, -0.2) is 4.98 Å². The van der Waals surface area contributed by atoms with E-state index >= 15 is 0 Å². The van der Waals surface area contributed by atoms with Crippen molar-refractivity contribution in [1.82, 2.24) is 15.0 Å². The SMILES string of the molecule is CC1CCCC(C)O1.NCc1cc2nc(-c3ccc(=O)[nH]c3)ccc2cn1. The van der Waals surface area contributed by atoms with Crippen molar-refractivity contribution >= 4 is 10.9 Å². The fourth-order valence-electron chi connectivity index (χ4n) is 3.13. The molecule has 0 aliphatic carbocycles. The Morgan fingerprint density at radius 3 is 2.56 bits per heavy atom. The van der Waals surface area contributed by atoms with Crippen LogP contribution in [0.4, 0.5) is 0 Å². The van der Waals surface area contributed by atoms with Crippen molar-refractivity contribution in [2.45, 2.75) is 51.9 Å². The van der Waals surface area contributed by atoms with Crippen LogP contribution < -0.4 is 11.3 Å². The minimum atomic E-state index is -0.126. The molecule has 0 amide bonds. The summed E-state index contributed by atoms with van der Waals surface area (Å²) in [6, 6.07) is 8.97. The number of nitrogens with two attached hydrogens (primary N) is 1. The zero-order valence-corrected chi connectivity index (χ0v) is 15.8. The number of rotatable bonds is 2. The molecule has 0 saturated carbocycles. The van der Waals surface area contributed by atoms with Gasteiger partial charge >= 0.3 is 0 Å². The van der Waals surface area contributed by atoms with Crippen molar-refractivity contribution < 1.29 is 4.74 Å². The first-order valence-corrected chi connectivity index (χ1v) is 9.35. The van der Waals surface area contributed by atoms with E-state index < -0.39 is 0 Å². The number of nitrogens with one attached hydrogen (secondary N) is 1. The second kappa shape index (κ2) is 8.88. The van der Waals surface area contributed by atoms with Crippen LogP contribution in [0.5, 0.6) is 0 Å². The van der Waals surface area contributed by atoms with Crippen LogP contribution in [0.15, 0.2) is 47.5 Å². The molecule has 0 bridgehead atoms. The summed E-state index contributed by atoms with van der Waals surface area (Å²) in [5.74, 6) is 0. The van der Waals surface area contributed by atoms with Crippen molar-refractivity contribution in [1.29, 1.82) is 0 Å². The number of H-pyrrole nitrogens is 1. The van der Waals surface area contributed by atoms with Gasteiger partial charge < -0.3 is 15.5 Å². The summed E-state index contributed by atoms with van der Waals surface area (Å²) >= 11 is 0.